The smallest absolute Gasteiger partial charge is 0.0637 e. The summed E-state index contributed by atoms with van der Waals surface area (Å²) in [6.45, 7) is 2.27. The van der Waals surface area contributed by atoms with Crippen LogP contribution >= 0.6 is 0 Å². The molecule has 10 rings (SSSR count). The van der Waals surface area contributed by atoms with Crippen molar-refractivity contribution in [3.05, 3.63) is 204 Å². The van der Waals surface area contributed by atoms with Gasteiger partial charge in [-0.25, -0.2) is 0 Å². The molecule has 2 heterocycles. The molecule has 53 heavy (non-hydrogen) atoms. The van der Waals surface area contributed by atoms with Gasteiger partial charge in [0.2, 0.25) is 0 Å². The van der Waals surface area contributed by atoms with Gasteiger partial charge in [-0.2, -0.15) is 0 Å². The number of rotatable bonds is 7. The lowest BCUT2D eigenvalue weighted by Gasteiger charge is -2.33. The molecule has 0 amide bonds. The molecule has 0 radical (unpaired) electrons. The first-order valence-corrected chi connectivity index (χ1v) is 18.9. The number of anilines is 2. The molecule has 2 atom stereocenters. The fraction of sp³-hybridized carbons (Fsp3) is 0.0980. The molecule has 0 spiro atoms. The Hall–Kier alpha value is -6.38. The lowest BCUT2D eigenvalue weighted by Crippen LogP contribution is -2.31. The van der Waals surface area contributed by atoms with Crippen molar-refractivity contribution in [3.63, 3.8) is 0 Å². The van der Waals surface area contributed by atoms with Gasteiger partial charge in [-0.1, -0.05) is 159 Å². The van der Waals surface area contributed by atoms with E-state index in [0.29, 0.717) is 0 Å². The van der Waals surface area contributed by atoms with Gasteiger partial charge in [0.25, 0.3) is 0 Å². The highest BCUT2D eigenvalue weighted by Gasteiger charge is 2.44. The van der Waals surface area contributed by atoms with Crippen LogP contribution in [0.1, 0.15) is 41.6 Å². The summed E-state index contributed by atoms with van der Waals surface area (Å²) in [6.07, 6.45) is 7.03. The van der Waals surface area contributed by atoms with Gasteiger partial charge in [0, 0.05) is 33.9 Å². The molecule has 2 heteroatoms. The first-order valence-electron chi connectivity index (χ1n) is 18.9. The van der Waals surface area contributed by atoms with Gasteiger partial charge in [-0.15, -0.1) is 0 Å². The highest BCUT2D eigenvalue weighted by molar-refractivity contribution is 5.96. The lowest BCUT2D eigenvalue weighted by molar-refractivity contribution is 0.725. The Kier molecular flexibility index (Phi) is 7.69. The van der Waals surface area contributed by atoms with E-state index in [4.69, 9.17) is 0 Å². The number of hydrogen-bond donors (Lipinski definition) is 0. The summed E-state index contributed by atoms with van der Waals surface area (Å²) >= 11 is 0. The average Bonchev–Trinajstić information content (AvgIpc) is 3.75. The van der Waals surface area contributed by atoms with Crippen LogP contribution in [-0.2, 0) is 6.42 Å². The maximum atomic E-state index is 2.62. The molecule has 7 aromatic carbocycles. The van der Waals surface area contributed by atoms with Crippen LogP contribution < -0.4 is 4.90 Å². The molecule has 0 bridgehead atoms. The van der Waals surface area contributed by atoms with E-state index in [1.54, 1.807) is 0 Å². The number of benzene rings is 7. The minimum atomic E-state index is 0.138. The third-order valence-corrected chi connectivity index (χ3v) is 11.3. The van der Waals surface area contributed by atoms with Crippen LogP contribution in [0.15, 0.2) is 182 Å². The van der Waals surface area contributed by atoms with E-state index >= 15 is 0 Å². The van der Waals surface area contributed by atoms with Crippen LogP contribution in [0.3, 0.4) is 0 Å². The zero-order valence-electron chi connectivity index (χ0n) is 29.9. The van der Waals surface area contributed by atoms with Gasteiger partial charge >= 0.3 is 0 Å². The summed E-state index contributed by atoms with van der Waals surface area (Å²) in [4.78, 5) is 2.62. The summed E-state index contributed by atoms with van der Waals surface area (Å²) in [5.41, 5.74) is 17.9. The number of fused-ring (bicyclic) bond motifs is 7. The van der Waals surface area contributed by atoms with Gasteiger partial charge in [-0.05, 0) is 93.4 Å². The summed E-state index contributed by atoms with van der Waals surface area (Å²) < 4.78 is 2.47. The molecule has 1 aliphatic carbocycles. The van der Waals surface area contributed by atoms with E-state index in [0.717, 1.165) is 12.8 Å². The molecule has 0 saturated carbocycles. The molecular formula is C51H40N2. The van der Waals surface area contributed by atoms with Crippen molar-refractivity contribution in [1.29, 1.82) is 0 Å². The first kappa shape index (κ1) is 31.4. The molecule has 0 N–H and O–H groups in total. The van der Waals surface area contributed by atoms with Gasteiger partial charge in [0.1, 0.15) is 0 Å². The molecule has 0 fully saturated rings. The summed E-state index contributed by atoms with van der Waals surface area (Å²) in [6, 6.07) is 64.9. The zero-order valence-corrected chi connectivity index (χ0v) is 29.9. The normalized spacial score (nSPS) is 15.7. The monoisotopic (exact) mass is 680 g/mol. The third kappa shape index (κ3) is 5.25. The minimum absolute atomic E-state index is 0.138. The third-order valence-electron chi connectivity index (χ3n) is 11.3. The highest BCUT2D eigenvalue weighted by atomic mass is 15.2. The number of aromatic nitrogens is 1. The molecule has 1 aromatic heterocycles. The maximum Gasteiger partial charge on any atom is 0.0637 e. The quantitative estimate of drug-likeness (QED) is 0.163. The Balaban J connectivity index is 1.11. The van der Waals surface area contributed by atoms with Crippen LogP contribution in [0, 0.1) is 0 Å². The van der Waals surface area contributed by atoms with E-state index in [-0.39, 0.29) is 12.0 Å². The van der Waals surface area contributed by atoms with Crippen molar-refractivity contribution in [1.82, 2.24) is 4.57 Å². The average molecular weight is 681 g/mol. The summed E-state index contributed by atoms with van der Waals surface area (Å²) in [7, 11) is 0. The van der Waals surface area contributed by atoms with E-state index in [1.807, 2.05) is 0 Å². The Morgan fingerprint density at radius 3 is 1.85 bits per heavy atom. The van der Waals surface area contributed by atoms with Gasteiger partial charge in [0.15, 0.2) is 0 Å². The Morgan fingerprint density at radius 2 is 1.13 bits per heavy atom. The molecule has 1 aliphatic heterocycles. The lowest BCUT2D eigenvalue weighted by atomic mass is 9.82. The SMILES string of the molecule is CCCc1ccc(N2c3ccccc3C3c4c(n(-c5ccc(-c6ccccc6)cc5)c5ccccc45)C=CC32)c(-c2ccc(-c3ccccc3)cc2)c1. The first-order chi connectivity index (χ1) is 26.3. The van der Waals surface area contributed by atoms with Gasteiger partial charge < -0.3 is 9.47 Å². The second-order valence-corrected chi connectivity index (χ2v) is 14.4. The van der Waals surface area contributed by atoms with Crippen molar-refractivity contribution in [3.8, 4) is 39.1 Å². The van der Waals surface area contributed by atoms with Gasteiger partial charge in [0.05, 0.1) is 17.3 Å². The predicted molar refractivity (Wildman–Crippen MR) is 223 cm³/mol. The van der Waals surface area contributed by atoms with Crippen molar-refractivity contribution < 1.29 is 0 Å². The fourth-order valence-corrected chi connectivity index (χ4v) is 8.90. The molecule has 2 unspecified atom stereocenters. The van der Waals surface area contributed by atoms with Crippen LogP contribution in [-0.4, -0.2) is 10.6 Å². The standard InChI is InChI=1S/C51H40N2/c1-2-13-35-22-31-47(44(34-35)40-25-23-38(24-26-40)36-14-5-3-6-15-36)53-46-21-12-10-19-43(46)51-49(53)33-32-48-50(51)42-18-9-11-20-45(42)52(48)41-29-27-39(28-30-41)37-16-7-4-8-17-37/h3-12,14-34,49,51H,2,13H2,1H3. The molecule has 8 aromatic rings. The molecule has 2 aliphatic rings. The van der Waals surface area contributed by atoms with Crippen molar-refractivity contribution in [2.45, 2.75) is 31.7 Å². The Bertz CT molecular complexity index is 2610. The van der Waals surface area contributed by atoms with E-state index in [1.165, 1.54) is 83.7 Å². The number of nitrogens with zero attached hydrogens (tertiary/aromatic N) is 2. The van der Waals surface area contributed by atoms with Gasteiger partial charge in [-0.3, -0.25) is 0 Å². The second-order valence-electron chi connectivity index (χ2n) is 14.4. The predicted octanol–water partition coefficient (Wildman–Crippen LogP) is 13.3. The van der Waals surface area contributed by atoms with Crippen LogP contribution in [0.4, 0.5) is 11.4 Å². The Labute approximate surface area is 311 Å². The van der Waals surface area contributed by atoms with Crippen LogP contribution in [0.5, 0.6) is 0 Å². The molecule has 254 valence electrons. The molecule has 2 nitrogen and oxygen atoms in total. The summed E-state index contributed by atoms with van der Waals surface area (Å²) in [5, 5.41) is 1.32. The second kappa shape index (κ2) is 13.0. The minimum Gasteiger partial charge on any atom is -0.333 e. The summed E-state index contributed by atoms with van der Waals surface area (Å²) in [5.74, 6) is 0.185. The van der Waals surface area contributed by atoms with E-state index in [9.17, 15) is 0 Å². The van der Waals surface area contributed by atoms with Crippen molar-refractivity contribution in [2.24, 2.45) is 0 Å². The number of aryl methyl sites for hydroxylation is 1. The maximum absolute atomic E-state index is 2.62. The number of hydrogen-bond acceptors (Lipinski definition) is 1. The fourth-order valence-electron chi connectivity index (χ4n) is 8.90. The van der Waals surface area contributed by atoms with Crippen molar-refractivity contribution in [2.75, 3.05) is 4.90 Å². The molecule has 0 saturated heterocycles. The van der Waals surface area contributed by atoms with E-state index in [2.05, 4.69) is 204 Å². The van der Waals surface area contributed by atoms with Crippen LogP contribution in [0.25, 0.3) is 56.0 Å². The topological polar surface area (TPSA) is 8.17 Å². The zero-order chi connectivity index (χ0) is 35.3. The van der Waals surface area contributed by atoms with E-state index < -0.39 is 0 Å². The molecular weight excluding hydrogens is 641 g/mol. The Morgan fingerprint density at radius 1 is 0.528 bits per heavy atom. The highest BCUT2D eigenvalue weighted by Crippen LogP contribution is 2.55. The van der Waals surface area contributed by atoms with Crippen molar-refractivity contribution >= 4 is 28.4 Å². The van der Waals surface area contributed by atoms with Crippen LogP contribution in [0.2, 0.25) is 0 Å². The largest absolute Gasteiger partial charge is 0.333 e. The number of para-hydroxylation sites is 2.